The minimum atomic E-state index is -4.34. The Labute approximate surface area is 116 Å². The van der Waals surface area contributed by atoms with Gasteiger partial charge in [-0.25, -0.2) is 0 Å². The fraction of sp³-hybridized carbons (Fsp3) is 0.571. The summed E-state index contributed by atoms with van der Waals surface area (Å²) in [5.74, 6) is 0.554. The summed E-state index contributed by atoms with van der Waals surface area (Å²) in [4.78, 5) is 0. The number of hydrogen-bond donors (Lipinski definition) is 1. The van der Waals surface area contributed by atoms with E-state index in [-0.39, 0.29) is 6.04 Å². The number of aryl methyl sites for hydroxylation is 1. The lowest BCUT2D eigenvalue weighted by Gasteiger charge is -2.16. The Morgan fingerprint density at radius 1 is 1.30 bits per heavy atom. The number of benzene rings is 1. The molecular weight excluding hydrogens is 271 g/mol. The molecule has 2 N–H and O–H groups in total. The van der Waals surface area contributed by atoms with Crippen LogP contribution >= 0.6 is 0 Å². The molecule has 1 atom stereocenters. The highest BCUT2D eigenvalue weighted by atomic mass is 19.4. The predicted molar refractivity (Wildman–Crippen MR) is 70.7 cm³/mol. The quantitative estimate of drug-likeness (QED) is 0.620. The standard InChI is InChI=1S/C14H20F3NO2/c1-3-12(18)7-11-6-4-5-10(2)13(11)20-9-19-8-14(15,16)17/h4-6,12H,3,7-9,18H2,1-2H3. The maximum atomic E-state index is 12.0. The van der Waals surface area contributed by atoms with Gasteiger partial charge in [-0.1, -0.05) is 25.1 Å². The second-order valence-electron chi connectivity index (χ2n) is 4.66. The Morgan fingerprint density at radius 2 is 2.00 bits per heavy atom. The lowest BCUT2D eigenvalue weighted by molar-refractivity contribution is -0.186. The molecule has 0 saturated carbocycles. The zero-order chi connectivity index (χ0) is 15.2. The van der Waals surface area contributed by atoms with Crippen LogP contribution in [0.5, 0.6) is 5.75 Å². The summed E-state index contributed by atoms with van der Waals surface area (Å²) in [5, 5.41) is 0. The summed E-state index contributed by atoms with van der Waals surface area (Å²) >= 11 is 0. The van der Waals surface area contributed by atoms with Crippen molar-refractivity contribution in [3.63, 3.8) is 0 Å². The SMILES string of the molecule is CCC(N)Cc1cccc(C)c1OCOCC(F)(F)F. The molecular formula is C14H20F3NO2. The summed E-state index contributed by atoms with van der Waals surface area (Å²) in [5.41, 5.74) is 7.63. The molecule has 0 fully saturated rings. The highest BCUT2D eigenvalue weighted by Gasteiger charge is 2.27. The molecule has 1 rings (SSSR count). The largest absolute Gasteiger partial charge is 0.467 e. The van der Waals surface area contributed by atoms with Gasteiger partial charge in [-0.15, -0.1) is 0 Å². The number of nitrogens with two attached hydrogens (primary N) is 1. The second kappa shape index (κ2) is 7.50. The number of alkyl halides is 3. The molecule has 0 aromatic heterocycles. The first-order valence-corrected chi connectivity index (χ1v) is 6.45. The molecule has 6 heteroatoms. The van der Waals surface area contributed by atoms with E-state index in [2.05, 4.69) is 4.74 Å². The average Bonchev–Trinajstić information content (AvgIpc) is 2.35. The molecule has 0 aliphatic carbocycles. The molecule has 1 unspecified atom stereocenters. The van der Waals surface area contributed by atoms with Crippen molar-refractivity contribution in [1.29, 1.82) is 0 Å². The van der Waals surface area contributed by atoms with Gasteiger partial charge < -0.3 is 15.2 Å². The van der Waals surface area contributed by atoms with Crippen LogP contribution in [-0.2, 0) is 11.2 Å². The van der Waals surface area contributed by atoms with E-state index in [0.29, 0.717) is 12.2 Å². The zero-order valence-electron chi connectivity index (χ0n) is 11.7. The Morgan fingerprint density at radius 3 is 2.60 bits per heavy atom. The number of hydrogen-bond acceptors (Lipinski definition) is 3. The maximum Gasteiger partial charge on any atom is 0.411 e. The van der Waals surface area contributed by atoms with Crippen molar-refractivity contribution in [1.82, 2.24) is 0 Å². The van der Waals surface area contributed by atoms with E-state index < -0.39 is 19.6 Å². The molecule has 0 aliphatic heterocycles. The first kappa shape index (κ1) is 16.8. The van der Waals surface area contributed by atoms with Crippen LogP contribution in [0, 0.1) is 6.92 Å². The van der Waals surface area contributed by atoms with Crippen LogP contribution in [0.2, 0.25) is 0 Å². The monoisotopic (exact) mass is 291 g/mol. The average molecular weight is 291 g/mol. The molecule has 0 spiro atoms. The summed E-state index contributed by atoms with van der Waals surface area (Å²) in [7, 11) is 0. The van der Waals surface area contributed by atoms with E-state index in [1.54, 1.807) is 0 Å². The highest BCUT2D eigenvalue weighted by Crippen LogP contribution is 2.25. The maximum absolute atomic E-state index is 12.0. The molecule has 0 aliphatic rings. The van der Waals surface area contributed by atoms with Crippen LogP contribution in [-0.4, -0.2) is 25.6 Å². The molecule has 0 heterocycles. The van der Waals surface area contributed by atoms with E-state index in [9.17, 15) is 13.2 Å². The van der Waals surface area contributed by atoms with Crippen molar-refractivity contribution >= 4 is 0 Å². The molecule has 20 heavy (non-hydrogen) atoms. The number of para-hydroxylation sites is 1. The van der Waals surface area contributed by atoms with Crippen LogP contribution in [0.4, 0.5) is 13.2 Å². The molecule has 0 saturated heterocycles. The molecule has 1 aromatic carbocycles. The van der Waals surface area contributed by atoms with Crippen LogP contribution in [0.25, 0.3) is 0 Å². The number of halogens is 3. The fourth-order valence-corrected chi connectivity index (χ4v) is 1.77. The number of ether oxygens (including phenoxy) is 2. The highest BCUT2D eigenvalue weighted by molar-refractivity contribution is 5.41. The first-order valence-electron chi connectivity index (χ1n) is 6.45. The van der Waals surface area contributed by atoms with Crippen LogP contribution < -0.4 is 10.5 Å². The van der Waals surface area contributed by atoms with Gasteiger partial charge in [0, 0.05) is 6.04 Å². The third kappa shape index (κ3) is 5.79. The van der Waals surface area contributed by atoms with Gasteiger partial charge in [-0.3, -0.25) is 0 Å². The lowest BCUT2D eigenvalue weighted by Crippen LogP contribution is -2.22. The molecule has 1 aromatic rings. The fourth-order valence-electron chi connectivity index (χ4n) is 1.77. The van der Waals surface area contributed by atoms with Crippen molar-refractivity contribution in [3.05, 3.63) is 29.3 Å². The normalized spacial score (nSPS) is 13.3. The van der Waals surface area contributed by atoms with Gasteiger partial charge in [0.25, 0.3) is 0 Å². The van der Waals surface area contributed by atoms with Crippen molar-refractivity contribution < 1.29 is 22.6 Å². The smallest absolute Gasteiger partial charge is 0.411 e. The third-order valence-corrected chi connectivity index (χ3v) is 2.85. The minimum Gasteiger partial charge on any atom is -0.467 e. The van der Waals surface area contributed by atoms with Gasteiger partial charge in [0.1, 0.15) is 12.4 Å². The molecule has 0 amide bonds. The molecule has 114 valence electrons. The van der Waals surface area contributed by atoms with Gasteiger partial charge in [0.15, 0.2) is 6.79 Å². The third-order valence-electron chi connectivity index (χ3n) is 2.85. The summed E-state index contributed by atoms with van der Waals surface area (Å²) in [6.07, 6.45) is -2.91. The van der Waals surface area contributed by atoms with Gasteiger partial charge in [-0.05, 0) is 30.9 Å². The van der Waals surface area contributed by atoms with Gasteiger partial charge in [0.2, 0.25) is 0 Å². The lowest BCUT2D eigenvalue weighted by atomic mass is 10.0. The van der Waals surface area contributed by atoms with Crippen LogP contribution in [0.15, 0.2) is 18.2 Å². The van der Waals surface area contributed by atoms with E-state index in [1.807, 2.05) is 32.0 Å². The molecule has 3 nitrogen and oxygen atoms in total. The van der Waals surface area contributed by atoms with Gasteiger partial charge in [-0.2, -0.15) is 13.2 Å². The predicted octanol–water partition coefficient (Wildman–Crippen LogP) is 3.19. The van der Waals surface area contributed by atoms with E-state index >= 15 is 0 Å². The zero-order valence-corrected chi connectivity index (χ0v) is 11.7. The molecule has 0 radical (unpaired) electrons. The van der Waals surface area contributed by atoms with Crippen molar-refractivity contribution in [3.8, 4) is 5.75 Å². The summed E-state index contributed by atoms with van der Waals surface area (Å²) < 4.78 is 45.7. The number of rotatable bonds is 7. The van der Waals surface area contributed by atoms with E-state index in [4.69, 9.17) is 10.5 Å². The molecule has 0 bridgehead atoms. The minimum absolute atomic E-state index is 0.00440. The van der Waals surface area contributed by atoms with Crippen molar-refractivity contribution in [2.45, 2.75) is 38.9 Å². The van der Waals surface area contributed by atoms with Crippen molar-refractivity contribution in [2.24, 2.45) is 5.73 Å². The van der Waals surface area contributed by atoms with Crippen LogP contribution in [0.3, 0.4) is 0 Å². The van der Waals surface area contributed by atoms with Gasteiger partial charge in [0.05, 0.1) is 0 Å². The van der Waals surface area contributed by atoms with E-state index in [1.165, 1.54) is 0 Å². The van der Waals surface area contributed by atoms with Crippen LogP contribution in [0.1, 0.15) is 24.5 Å². The van der Waals surface area contributed by atoms with Gasteiger partial charge >= 0.3 is 6.18 Å². The Hall–Kier alpha value is -1.27. The topological polar surface area (TPSA) is 44.5 Å². The van der Waals surface area contributed by atoms with Crippen molar-refractivity contribution in [2.75, 3.05) is 13.4 Å². The Balaban J connectivity index is 2.63. The Kier molecular flexibility index (Phi) is 6.29. The Bertz CT molecular complexity index is 421. The van der Waals surface area contributed by atoms with E-state index in [0.717, 1.165) is 17.5 Å². The summed E-state index contributed by atoms with van der Waals surface area (Å²) in [6.45, 7) is 2.06. The second-order valence-corrected chi connectivity index (χ2v) is 4.66. The summed E-state index contributed by atoms with van der Waals surface area (Å²) in [6, 6.07) is 5.56. The first-order chi connectivity index (χ1) is 9.33.